The number of pyridine rings is 1. The number of ether oxygens (including phenoxy) is 1. The number of nitrogens with zero attached hydrogens (tertiary/aromatic N) is 4. The molecule has 2 N–H and O–H groups in total. The predicted octanol–water partition coefficient (Wildman–Crippen LogP) is 2.11. The molecule has 0 spiro atoms. The maximum absolute atomic E-state index is 13.4. The van der Waals surface area contributed by atoms with Crippen LogP contribution in [0, 0.1) is 0 Å². The molecule has 3 amide bonds. The highest BCUT2D eigenvalue weighted by Gasteiger charge is 2.31. The summed E-state index contributed by atoms with van der Waals surface area (Å²) >= 11 is 1.35. The largest absolute Gasteiger partial charge is 0.494 e. The number of H-pyrrole nitrogens is 1. The van der Waals surface area contributed by atoms with Crippen molar-refractivity contribution in [3.63, 3.8) is 0 Å². The number of aromatic nitrogens is 3. The molecule has 0 aliphatic carbocycles. The number of thiazole rings is 1. The lowest BCUT2D eigenvalue weighted by Crippen LogP contribution is -2.52. The number of benzene rings is 1. The zero-order chi connectivity index (χ0) is 26.6. The van der Waals surface area contributed by atoms with E-state index >= 15 is 0 Å². The van der Waals surface area contributed by atoms with E-state index in [0.29, 0.717) is 59.0 Å². The molecule has 0 bridgehead atoms. The lowest BCUT2D eigenvalue weighted by Gasteiger charge is -2.34. The topological polar surface area (TPSA) is 138 Å². The second-order valence-electron chi connectivity index (χ2n) is 8.54. The number of hydrogen-bond donors (Lipinski definition) is 2. The van der Waals surface area contributed by atoms with Crippen molar-refractivity contribution < 1.29 is 23.9 Å². The van der Waals surface area contributed by atoms with Crippen LogP contribution in [0.25, 0.3) is 21.6 Å². The lowest BCUT2D eigenvalue weighted by molar-refractivity contribution is -0.127. The Balaban J connectivity index is 1.36. The van der Waals surface area contributed by atoms with Crippen LogP contribution >= 0.6 is 11.3 Å². The number of nitrogens with one attached hydrogen (secondary N) is 2. The summed E-state index contributed by atoms with van der Waals surface area (Å²) in [6.07, 6.45) is 5.24. The third kappa shape index (κ3) is 4.73. The molecular weight excluding hydrogens is 508 g/mol. The van der Waals surface area contributed by atoms with Gasteiger partial charge in [0, 0.05) is 49.0 Å². The van der Waals surface area contributed by atoms with Gasteiger partial charge in [-0.1, -0.05) is 18.2 Å². The number of rotatable bonds is 8. The highest BCUT2D eigenvalue weighted by molar-refractivity contribution is 7.15. The van der Waals surface area contributed by atoms with E-state index in [2.05, 4.69) is 20.3 Å². The minimum atomic E-state index is -0.676. The fraction of sp³-hybridized carbons (Fsp3) is 0.231. The summed E-state index contributed by atoms with van der Waals surface area (Å²) < 4.78 is 5.46. The van der Waals surface area contributed by atoms with Gasteiger partial charge in [0.15, 0.2) is 0 Å². The number of amides is 3. The van der Waals surface area contributed by atoms with E-state index in [0.717, 1.165) is 4.88 Å². The minimum absolute atomic E-state index is 0.0993. The molecule has 194 valence electrons. The second-order valence-corrected chi connectivity index (χ2v) is 9.65. The molecule has 4 aromatic rings. The Labute approximate surface area is 221 Å². The van der Waals surface area contributed by atoms with Crippen molar-refractivity contribution in [2.24, 2.45) is 0 Å². The Morgan fingerprint density at radius 1 is 1.08 bits per heavy atom. The summed E-state index contributed by atoms with van der Waals surface area (Å²) in [5.74, 6) is -1.07. The molecule has 0 radical (unpaired) electrons. The summed E-state index contributed by atoms with van der Waals surface area (Å²) in [6, 6.07) is 8.97. The van der Waals surface area contributed by atoms with Gasteiger partial charge in [-0.15, -0.1) is 11.3 Å². The summed E-state index contributed by atoms with van der Waals surface area (Å²) in [5.41, 5.74) is 1.78. The van der Waals surface area contributed by atoms with Crippen molar-refractivity contribution in [1.29, 1.82) is 0 Å². The molecule has 1 aliphatic heterocycles. The van der Waals surface area contributed by atoms with Crippen LogP contribution in [0.4, 0.5) is 0 Å². The van der Waals surface area contributed by atoms with E-state index in [-0.39, 0.29) is 24.6 Å². The molecule has 4 heterocycles. The van der Waals surface area contributed by atoms with Crippen molar-refractivity contribution in [2.45, 2.75) is 6.54 Å². The van der Waals surface area contributed by atoms with Gasteiger partial charge in [0.25, 0.3) is 17.6 Å². The number of piperazine rings is 1. The van der Waals surface area contributed by atoms with Crippen LogP contribution in [0.2, 0.25) is 0 Å². The first-order chi connectivity index (χ1) is 18.5. The van der Waals surface area contributed by atoms with Crippen molar-refractivity contribution >= 4 is 46.2 Å². The Morgan fingerprint density at radius 2 is 1.82 bits per heavy atom. The number of fused-ring (bicyclic) bond motifs is 1. The van der Waals surface area contributed by atoms with Crippen molar-refractivity contribution in [3.8, 4) is 16.5 Å². The Kier molecular flexibility index (Phi) is 7.13. The predicted molar refractivity (Wildman–Crippen MR) is 140 cm³/mol. The monoisotopic (exact) mass is 532 g/mol. The van der Waals surface area contributed by atoms with Crippen molar-refractivity contribution in [2.75, 3.05) is 33.3 Å². The van der Waals surface area contributed by atoms with Crippen LogP contribution in [0.5, 0.6) is 5.75 Å². The standard InChI is InChI=1S/C26H24N6O5S/c1-37-19-14-29-22(24-30-12-17(38-24)11-27-15-33)21-20(19)18(13-28-21)23(34)26(36)32-9-7-31(8-10-32)25(35)16-5-3-2-4-6-16/h2-6,12-15,28H,7-11H2,1H3,(H,27,33). The number of carbonyl (C=O) groups excluding carboxylic acids is 4. The van der Waals surface area contributed by atoms with Crippen LogP contribution in [0.1, 0.15) is 25.6 Å². The molecule has 0 saturated carbocycles. The van der Waals surface area contributed by atoms with Gasteiger partial charge in [0.05, 0.1) is 36.3 Å². The maximum Gasteiger partial charge on any atom is 0.295 e. The number of carbonyl (C=O) groups is 4. The van der Waals surface area contributed by atoms with Crippen LogP contribution in [-0.2, 0) is 16.1 Å². The molecule has 0 atom stereocenters. The average molecular weight is 533 g/mol. The first-order valence-corrected chi connectivity index (χ1v) is 12.7. The molecule has 1 aliphatic rings. The van der Waals surface area contributed by atoms with Crippen molar-refractivity contribution in [3.05, 3.63) is 64.9 Å². The normalized spacial score (nSPS) is 13.4. The molecular formula is C26H24N6O5S. The van der Waals surface area contributed by atoms with Crippen LogP contribution in [0.15, 0.2) is 48.9 Å². The van der Waals surface area contributed by atoms with Gasteiger partial charge >= 0.3 is 0 Å². The van der Waals surface area contributed by atoms with Gasteiger partial charge in [0.2, 0.25) is 6.41 Å². The highest BCUT2D eigenvalue weighted by Crippen LogP contribution is 2.36. The molecule has 12 heteroatoms. The Hall–Kier alpha value is -4.58. The van der Waals surface area contributed by atoms with Crippen LogP contribution in [-0.4, -0.2) is 82.0 Å². The fourth-order valence-corrected chi connectivity index (χ4v) is 5.26. The quantitative estimate of drug-likeness (QED) is 0.201. The molecule has 3 aromatic heterocycles. The van der Waals surface area contributed by atoms with Crippen molar-refractivity contribution in [1.82, 2.24) is 30.1 Å². The van der Waals surface area contributed by atoms with E-state index in [9.17, 15) is 19.2 Å². The van der Waals surface area contributed by atoms with Gasteiger partial charge in [-0.3, -0.25) is 19.2 Å². The van der Waals surface area contributed by atoms with Gasteiger partial charge in [-0.2, -0.15) is 0 Å². The number of Topliss-reactive ketones (excluding diaryl/α,β-unsaturated/α-hetero) is 1. The summed E-state index contributed by atoms with van der Waals surface area (Å²) in [7, 11) is 1.47. The summed E-state index contributed by atoms with van der Waals surface area (Å²) in [5, 5.41) is 3.63. The molecule has 11 nitrogen and oxygen atoms in total. The summed E-state index contributed by atoms with van der Waals surface area (Å²) in [4.78, 5) is 65.8. The maximum atomic E-state index is 13.4. The van der Waals surface area contributed by atoms with Gasteiger partial charge < -0.3 is 24.8 Å². The SMILES string of the molecule is COc1cnc(-c2ncc(CNC=O)s2)c2[nH]cc(C(=O)C(=O)N3CCN(C(=O)c4ccccc4)CC3)c12. The first-order valence-electron chi connectivity index (χ1n) is 11.9. The van der Waals surface area contributed by atoms with E-state index in [1.54, 1.807) is 35.4 Å². The Bertz CT molecular complexity index is 1510. The molecule has 0 unspecified atom stereocenters. The molecule has 38 heavy (non-hydrogen) atoms. The first kappa shape index (κ1) is 25.1. The smallest absolute Gasteiger partial charge is 0.295 e. The lowest BCUT2D eigenvalue weighted by atomic mass is 10.1. The molecule has 1 fully saturated rings. The third-order valence-corrected chi connectivity index (χ3v) is 7.33. The van der Waals surface area contributed by atoms with Gasteiger partial charge in [0.1, 0.15) is 16.5 Å². The van der Waals surface area contributed by atoms with Crippen LogP contribution < -0.4 is 10.1 Å². The minimum Gasteiger partial charge on any atom is -0.494 e. The zero-order valence-electron chi connectivity index (χ0n) is 20.5. The van der Waals surface area contributed by atoms with E-state index < -0.39 is 11.7 Å². The van der Waals surface area contributed by atoms with E-state index in [4.69, 9.17) is 4.74 Å². The van der Waals surface area contributed by atoms with Gasteiger partial charge in [-0.25, -0.2) is 9.97 Å². The molecule has 1 saturated heterocycles. The number of methoxy groups -OCH3 is 1. The summed E-state index contributed by atoms with van der Waals surface area (Å²) in [6.45, 7) is 1.53. The molecule has 5 rings (SSSR count). The van der Waals surface area contributed by atoms with Crippen LogP contribution in [0.3, 0.4) is 0 Å². The van der Waals surface area contributed by atoms with E-state index in [1.807, 2.05) is 6.07 Å². The zero-order valence-corrected chi connectivity index (χ0v) is 21.3. The van der Waals surface area contributed by atoms with E-state index in [1.165, 1.54) is 35.7 Å². The number of aromatic amines is 1. The Morgan fingerprint density at radius 3 is 2.53 bits per heavy atom. The average Bonchev–Trinajstić information content (AvgIpc) is 3.63. The third-order valence-electron chi connectivity index (χ3n) is 6.32. The fourth-order valence-electron chi connectivity index (χ4n) is 4.39. The number of ketones is 1. The molecule has 1 aromatic carbocycles. The second kappa shape index (κ2) is 10.8. The van der Waals surface area contributed by atoms with Gasteiger partial charge in [-0.05, 0) is 12.1 Å². The highest BCUT2D eigenvalue weighted by atomic mass is 32.1. The number of hydrogen-bond acceptors (Lipinski definition) is 8.